The van der Waals surface area contributed by atoms with Crippen molar-refractivity contribution in [3.8, 4) is 0 Å². The third-order valence-electron chi connectivity index (χ3n) is 3.53. The van der Waals surface area contributed by atoms with Gasteiger partial charge in [-0.1, -0.05) is 11.6 Å². The number of piperidine rings is 1. The molecule has 0 radical (unpaired) electrons. The van der Waals surface area contributed by atoms with Crippen LogP contribution in [0, 0.1) is 11.7 Å². The summed E-state index contributed by atoms with van der Waals surface area (Å²) in [7, 11) is 0. The predicted molar refractivity (Wildman–Crippen MR) is 76.4 cm³/mol. The smallest absolute Gasteiger partial charge is 0.313 e. The highest BCUT2D eigenvalue weighted by atomic mass is 35.5. The van der Waals surface area contributed by atoms with Crippen molar-refractivity contribution in [3.63, 3.8) is 0 Å². The van der Waals surface area contributed by atoms with Gasteiger partial charge in [-0.15, -0.1) is 0 Å². The van der Waals surface area contributed by atoms with Gasteiger partial charge < -0.3 is 15.3 Å². The molecule has 2 amide bonds. The average Bonchev–Trinajstić information content (AvgIpc) is 2.49. The van der Waals surface area contributed by atoms with Crippen LogP contribution in [-0.4, -0.2) is 41.5 Å². The minimum absolute atomic E-state index is 0.0372. The molecule has 114 valence electrons. The SMILES string of the molecule is O=C(Nc1ccc(F)cc1Cl)C(=O)N1CCC(CO)CC1. The average molecular weight is 315 g/mol. The zero-order valence-electron chi connectivity index (χ0n) is 11.3. The van der Waals surface area contributed by atoms with E-state index in [1.54, 1.807) is 0 Å². The van der Waals surface area contributed by atoms with E-state index >= 15 is 0 Å². The first-order valence-electron chi connectivity index (χ1n) is 6.67. The van der Waals surface area contributed by atoms with Crippen LogP contribution >= 0.6 is 11.6 Å². The lowest BCUT2D eigenvalue weighted by Gasteiger charge is -2.30. The summed E-state index contributed by atoms with van der Waals surface area (Å²) >= 11 is 5.79. The van der Waals surface area contributed by atoms with Crippen LogP contribution < -0.4 is 5.32 Å². The molecule has 2 rings (SSSR count). The van der Waals surface area contributed by atoms with Gasteiger partial charge >= 0.3 is 11.8 Å². The molecule has 0 bridgehead atoms. The summed E-state index contributed by atoms with van der Waals surface area (Å²) in [5.74, 6) is -1.78. The molecular weight excluding hydrogens is 299 g/mol. The molecule has 1 aliphatic rings. The molecule has 21 heavy (non-hydrogen) atoms. The van der Waals surface area contributed by atoms with Gasteiger partial charge in [0.2, 0.25) is 0 Å². The monoisotopic (exact) mass is 314 g/mol. The van der Waals surface area contributed by atoms with Crippen LogP contribution in [0.15, 0.2) is 18.2 Å². The van der Waals surface area contributed by atoms with E-state index in [0.717, 1.165) is 12.1 Å². The Morgan fingerprint density at radius 2 is 2.05 bits per heavy atom. The number of aliphatic hydroxyl groups is 1. The highest BCUT2D eigenvalue weighted by Crippen LogP contribution is 2.23. The molecule has 1 heterocycles. The van der Waals surface area contributed by atoms with Crippen LogP contribution in [0.1, 0.15) is 12.8 Å². The van der Waals surface area contributed by atoms with Crippen molar-refractivity contribution in [2.24, 2.45) is 5.92 Å². The van der Waals surface area contributed by atoms with Crippen molar-refractivity contribution in [1.29, 1.82) is 0 Å². The first-order chi connectivity index (χ1) is 10.0. The van der Waals surface area contributed by atoms with Crippen molar-refractivity contribution < 1.29 is 19.1 Å². The third kappa shape index (κ3) is 3.92. The van der Waals surface area contributed by atoms with E-state index in [0.29, 0.717) is 25.9 Å². The van der Waals surface area contributed by atoms with E-state index in [-0.39, 0.29) is 23.2 Å². The van der Waals surface area contributed by atoms with E-state index in [4.69, 9.17) is 16.7 Å². The Morgan fingerprint density at radius 3 is 2.62 bits per heavy atom. The van der Waals surface area contributed by atoms with E-state index < -0.39 is 17.6 Å². The molecule has 0 saturated carbocycles. The Kier molecular flexibility index (Phi) is 5.14. The van der Waals surface area contributed by atoms with Gasteiger partial charge in [0.15, 0.2) is 0 Å². The van der Waals surface area contributed by atoms with Crippen molar-refractivity contribution in [2.75, 3.05) is 25.0 Å². The zero-order chi connectivity index (χ0) is 15.4. The Bertz CT molecular complexity index is 545. The molecule has 1 saturated heterocycles. The summed E-state index contributed by atoms with van der Waals surface area (Å²) in [6, 6.07) is 3.52. The summed E-state index contributed by atoms with van der Waals surface area (Å²) in [4.78, 5) is 25.3. The number of nitrogens with zero attached hydrogens (tertiary/aromatic N) is 1. The number of hydrogen-bond donors (Lipinski definition) is 2. The van der Waals surface area contributed by atoms with Crippen LogP contribution in [0.2, 0.25) is 5.02 Å². The van der Waals surface area contributed by atoms with Crippen LogP contribution in [0.5, 0.6) is 0 Å². The Labute approximate surface area is 126 Å². The number of amides is 2. The van der Waals surface area contributed by atoms with Crippen LogP contribution in [0.4, 0.5) is 10.1 Å². The number of benzene rings is 1. The number of anilines is 1. The fourth-order valence-electron chi connectivity index (χ4n) is 2.23. The van der Waals surface area contributed by atoms with Gasteiger partial charge in [0.25, 0.3) is 0 Å². The number of nitrogens with one attached hydrogen (secondary N) is 1. The van der Waals surface area contributed by atoms with E-state index in [1.807, 2.05) is 0 Å². The van der Waals surface area contributed by atoms with Gasteiger partial charge in [-0.2, -0.15) is 0 Å². The van der Waals surface area contributed by atoms with Crippen LogP contribution in [-0.2, 0) is 9.59 Å². The molecule has 1 aliphatic heterocycles. The van der Waals surface area contributed by atoms with Gasteiger partial charge in [0, 0.05) is 19.7 Å². The summed E-state index contributed by atoms with van der Waals surface area (Å²) in [6.07, 6.45) is 1.35. The maximum Gasteiger partial charge on any atom is 0.313 e. The molecule has 0 spiro atoms. The first-order valence-corrected chi connectivity index (χ1v) is 7.05. The second kappa shape index (κ2) is 6.87. The lowest BCUT2D eigenvalue weighted by atomic mass is 9.98. The summed E-state index contributed by atoms with van der Waals surface area (Å²) < 4.78 is 12.9. The summed E-state index contributed by atoms with van der Waals surface area (Å²) in [6.45, 7) is 0.975. The van der Waals surface area contributed by atoms with Crippen LogP contribution in [0.3, 0.4) is 0 Å². The summed E-state index contributed by atoms with van der Waals surface area (Å²) in [5, 5.41) is 11.5. The highest BCUT2D eigenvalue weighted by molar-refractivity contribution is 6.41. The van der Waals surface area contributed by atoms with Crippen molar-refractivity contribution in [1.82, 2.24) is 4.90 Å². The molecular formula is C14H16ClFN2O3. The van der Waals surface area contributed by atoms with Crippen molar-refractivity contribution in [2.45, 2.75) is 12.8 Å². The normalized spacial score (nSPS) is 15.9. The van der Waals surface area contributed by atoms with Gasteiger partial charge in [-0.25, -0.2) is 4.39 Å². The second-order valence-corrected chi connectivity index (χ2v) is 5.40. The van der Waals surface area contributed by atoms with Gasteiger partial charge in [0.1, 0.15) is 5.82 Å². The molecule has 0 aliphatic carbocycles. The topological polar surface area (TPSA) is 69.6 Å². The van der Waals surface area contributed by atoms with E-state index in [2.05, 4.69) is 5.32 Å². The number of likely N-dealkylation sites (tertiary alicyclic amines) is 1. The molecule has 1 fully saturated rings. The van der Waals surface area contributed by atoms with Crippen molar-refractivity contribution in [3.05, 3.63) is 29.0 Å². The molecule has 5 nitrogen and oxygen atoms in total. The minimum Gasteiger partial charge on any atom is -0.396 e. The van der Waals surface area contributed by atoms with Crippen LogP contribution in [0.25, 0.3) is 0 Å². The van der Waals surface area contributed by atoms with Crippen molar-refractivity contribution >= 4 is 29.1 Å². The standard InChI is InChI=1S/C14H16ClFN2O3/c15-11-7-10(16)1-2-12(11)17-13(20)14(21)18-5-3-9(8-19)4-6-18/h1-2,7,9,19H,3-6,8H2,(H,17,20). The quantitative estimate of drug-likeness (QED) is 0.816. The maximum atomic E-state index is 12.9. The fourth-order valence-corrected chi connectivity index (χ4v) is 2.44. The molecule has 7 heteroatoms. The fraction of sp³-hybridized carbons (Fsp3) is 0.429. The van der Waals surface area contributed by atoms with Gasteiger partial charge in [-0.3, -0.25) is 9.59 Å². The predicted octanol–water partition coefficient (Wildman–Crippen LogP) is 1.65. The Balaban J connectivity index is 1.95. The molecule has 0 atom stereocenters. The molecule has 0 aromatic heterocycles. The van der Waals surface area contributed by atoms with E-state index in [9.17, 15) is 14.0 Å². The number of carbonyl (C=O) groups excluding carboxylic acids is 2. The molecule has 0 unspecified atom stereocenters. The lowest BCUT2D eigenvalue weighted by molar-refractivity contribution is -0.144. The second-order valence-electron chi connectivity index (χ2n) is 5.00. The number of carbonyl (C=O) groups is 2. The maximum absolute atomic E-state index is 12.9. The minimum atomic E-state index is -0.800. The first kappa shape index (κ1) is 15.7. The number of halogens is 2. The van der Waals surface area contributed by atoms with Gasteiger partial charge in [-0.05, 0) is 37.0 Å². The number of aliphatic hydroxyl groups excluding tert-OH is 1. The third-order valence-corrected chi connectivity index (χ3v) is 3.85. The largest absolute Gasteiger partial charge is 0.396 e. The Hall–Kier alpha value is -1.66. The lowest BCUT2D eigenvalue weighted by Crippen LogP contribution is -2.44. The highest BCUT2D eigenvalue weighted by Gasteiger charge is 2.27. The summed E-state index contributed by atoms with van der Waals surface area (Å²) in [5.41, 5.74) is 0.196. The molecule has 1 aromatic carbocycles. The molecule has 1 aromatic rings. The Morgan fingerprint density at radius 1 is 1.38 bits per heavy atom. The zero-order valence-corrected chi connectivity index (χ0v) is 12.1. The number of hydrogen-bond acceptors (Lipinski definition) is 3. The number of rotatable bonds is 2. The van der Waals surface area contributed by atoms with E-state index in [1.165, 1.54) is 11.0 Å². The van der Waals surface area contributed by atoms with Gasteiger partial charge in [0.05, 0.1) is 10.7 Å². The molecule has 2 N–H and O–H groups in total.